The molecule has 3 N–H and O–H groups in total. The van der Waals surface area contributed by atoms with Crippen molar-refractivity contribution in [1.29, 1.82) is 0 Å². The minimum atomic E-state index is -0.135. The van der Waals surface area contributed by atoms with Gasteiger partial charge in [-0.3, -0.25) is 4.79 Å². The normalized spacial score (nSPS) is 10.8. The Labute approximate surface area is 126 Å². The van der Waals surface area contributed by atoms with Crippen LogP contribution < -0.4 is 10.5 Å². The number of nitrogens with one attached hydrogen (secondary N) is 1. The molecule has 2 aromatic carbocycles. The third-order valence-electron chi connectivity index (χ3n) is 3.32. The first-order valence-electron chi connectivity index (χ1n) is 6.34. The van der Waals surface area contributed by atoms with Crippen molar-refractivity contribution in [2.24, 2.45) is 0 Å². The standard InChI is InChI=1S/C16H13ClN2O2/c1-21-12-2-3-15-13(7-12)14(8-19-15)16(20)9-4-10(17)6-11(18)5-9/h2-8,19H,18H2,1H3. The Bertz CT molecular complexity index is 819. The van der Waals surface area contributed by atoms with Gasteiger partial charge in [-0.05, 0) is 36.4 Å². The van der Waals surface area contributed by atoms with E-state index in [4.69, 9.17) is 22.1 Å². The molecule has 5 heteroatoms. The maximum Gasteiger partial charge on any atom is 0.195 e. The van der Waals surface area contributed by atoms with Gasteiger partial charge in [0.2, 0.25) is 0 Å². The molecule has 0 saturated heterocycles. The second kappa shape index (κ2) is 5.14. The van der Waals surface area contributed by atoms with Gasteiger partial charge < -0.3 is 15.5 Å². The number of methoxy groups -OCH3 is 1. The molecule has 0 aliphatic rings. The van der Waals surface area contributed by atoms with Crippen LogP contribution in [0.3, 0.4) is 0 Å². The molecule has 0 radical (unpaired) electrons. The molecule has 0 unspecified atom stereocenters. The summed E-state index contributed by atoms with van der Waals surface area (Å²) in [4.78, 5) is 15.7. The summed E-state index contributed by atoms with van der Waals surface area (Å²) in [7, 11) is 1.59. The minimum absolute atomic E-state index is 0.135. The van der Waals surface area contributed by atoms with Crippen molar-refractivity contribution in [2.75, 3.05) is 12.8 Å². The number of nitrogen functional groups attached to an aromatic ring is 1. The lowest BCUT2D eigenvalue weighted by atomic mass is 10.0. The molecule has 21 heavy (non-hydrogen) atoms. The summed E-state index contributed by atoms with van der Waals surface area (Å²) in [5, 5.41) is 1.24. The molecule has 1 aromatic heterocycles. The zero-order valence-corrected chi connectivity index (χ0v) is 12.1. The van der Waals surface area contributed by atoms with Gasteiger partial charge in [-0.15, -0.1) is 0 Å². The Kier molecular flexibility index (Phi) is 3.31. The highest BCUT2D eigenvalue weighted by Gasteiger charge is 2.15. The van der Waals surface area contributed by atoms with Crippen molar-refractivity contribution < 1.29 is 9.53 Å². The SMILES string of the molecule is COc1ccc2[nH]cc(C(=O)c3cc(N)cc(Cl)c3)c2c1. The zero-order chi connectivity index (χ0) is 15.0. The number of rotatable bonds is 3. The number of halogens is 1. The number of ether oxygens (including phenoxy) is 1. The van der Waals surface area contributed by atoms with Gasteiger partial charge in [0.05, 0.1) is 7.11 Å². The Morgan fingerprint density at radius 2 is 2.05 bits per heavy atom. The smallest absolute Gasteiger partial charge is 0.195 e. The third kappa shape index (κ3) is 2.45. The van der Waals surface area contributed by atoms with Gasteiger partial charge in [-0.2, -0.15) is 0 Å². The Hall–Kier alpha value is -2.46. The lowest BCUT2D eigenvalue weighted by Gasteiger charge is -2.04. The molecule has 1 heterocycles. The summed E-state index contributed by atoms with van der Waals surface area (Å²) >= 11 is 5.96. The topological polar surface area (TPSA) is 68.1 Å². The molecule has 0 saturated carbocycles. The average Bonchev–Trinajstić information content (AvgIpc) is 2.88. The van der Waals surface area contributed by atoms with Gasteiger partial charge >= 0.3 is 0 Å². The van der Waals surface area contributed by atoms with E-state index in [2.05, 4.69) is 4.98 Å². The van der Waals surface area contributed by atoms with Crippen LogP contribution in [0, 0.1) is 0 Å². The molecular weight excluding hydrogens is 288 g/mol. The maximum absolute atomic E-state index is 12.7. The summed E-state index contributed by atoms with van der Waals surface area (Å²) in [6, 6.07) is 10.4. The van der Waals surface area contributed by atoms with Crippen LogP contribution in [-0.2, 0) is 0 Å². The summed E-state index contributed by atoms with van der Waals surface area (Å²) in [5.41, 5.74) is 8.10. The number of benzene rings is 2. The number of carbonyl (C=O) groups is 1. The van der Waals surface area contributed by atoms with Gasteiger partial charge in [0, 0.05) is 38.9 Å². The first kappa shape index (κ1) is 13.5. The molecule has 0 amide bonds. The second-order valence-corrected chi connectivity index (χ2v) is 5.15. The van der Waals surface area contributed by atoms with Gasteiger partial charge in [0.1, 0.15) is 5.75 Å². The number of H-pyrrole nitrogens is 1. The first-order valence-corrected chi connectivity index (χ1v) is 6.72. The minimum Gasteiger partial charge on any atom is -0.497 e. The number of carbonyl (C=O) groups excluding carboxylic acids is 1. The summed E-state index contributed by atoms with van der Waals surface area (Å²) in [6.07, 6.45) is 1.68. The van der Waals surface area contributed by atoms with Crippen molar-refractivity contribution in [3.63, 3.8) is 0 Å². The van der Waals surface area contributed by atoms with E-state index in [1.54, 1.807) is 31.5 Å². The highest BCUT2D eigenvalue weighted by Crippen LogP contribution is 2.27. The Balaban J connectivity index is 2.13. The number of nitrogens with two attached hydrogens (primary N) is 1. The quantitative estimate of drug-likeness (QED) is 0.573. The summed E-state index contributed by atoms with van der Waals surface area (Å²) < 4.78 is 5.20. The van der Waals surface area contributed by atoms with Crippen molar-refractivity contribution >= 4 is 34.0 Å². The van der Waals surface area contributed by atoms with E-state index in [9.17, 15) is 4.79 Å². The van der Waals surface area contributed by atoms with Crippen LogP contribution in [0.2, 0.25) is 5.02 Å². The van der Waals surface area contributed by atoms with Gasteiger partial charge in [-0.1, -0.05) is 11.6 Å². The molecule has 0 bridgehead atoms. The number of ketones is 1. The molecule has 3 aromatic rings. The molecule has 0 aliphatic carbocycles. The van der Waals surface area contributed by atoms with Crippen LogP contribution in [0.1, 0.15) is 15.9 Å². The second-order valence-electron chi connectivity index (χ2n) is 4.72. The van der Waals surface area contributed by atoms with Crippen LogP contribution in [0.25, 0.3) is 10.9 Å². The average molecular weight is 301 g/mol. The summed E-state index contributed by atoms with van der Waals surface area (Å²) in [5.74, 6) is 0.561. The van der Waals surface area contributed by atoms with E-state index in [0.717, 1.165) is 10.9 Å². The van der Waals surface area contributed by atoms with E-state index in [0.29, 0.717) is 27.6 Å². The van der Waals surface area contributed by atoms with Crippen molar-refractivity contribution in [3.8, 4) is 5.75 Å². The highest BCUT2D eigenvalue weighted by atomic mass is 35.5. The van der Waals surface area contributed by atoms with Crippen molar-refractivity contribution in [2.45, 2.75) is 0 Å². The van der Waals surface area contributed by atoms with Crippen LogP contribution in [0.5, 0.6) is 5.75 Å². The van der Waals surface area contributed by atoms with Crippen LogP contribution in [-0.4, -0.2) is 17.9 Å². The lowest BCUT2D eigenvalue weighted by molar-refractivity contribution is 0.104. The fourth-order valence-corrected chi connectivity index (χ4v) is 2.56. The number of aromatic amines is 1. The molecule has 4 nitrogen and oxygen atoms in total. The Morgan fingerprint density at radius 1 is 1.24 bits per heavy atom. The molecule has 0 spiro atoms. The third-order valence-corrected chi connectivity index (χ3v) is 3.53. The van der Waals surface area contributed by atoms with Gasteiger partial charge in [0.15, 0.2) is 5.78 Å². The molecule has 0 aliphatic heterocycles. The number of aromatic nitrogens is 1. The van der Waals surface area contributed by atoms with E-state index >= 15 is 0 Å². The highest BCUT2D eigenvalue weighted by molar-refractivity contribution is 6.31. The summed E-state index contributed by atoms with van der Waals surface area (Å²) in [6.45, 7) is 0. The molecule has 0 fully saturated rings. The molecular formula is C16H13ClN2O2. The predicted molar refractivity (Wildman–Crippen MR) is 84.1 cm³/mol. The fourth-order valence-electron chi connectivity index (χ4n) is 2.31. The monoisotopic (exact) mass is 300 g/mol. The molecule has 106 valence electrons. The molecule has 3 rings (SSSR count). The van der Waals surface area contributed by atoms with E-state index in [1.807, 2.05) is 18.2 Å². The zero-order valence-electron chi connectivity index (χ0n) is 11.3. The number of anilines is 1. The predicted octanol–water partition coefficient (Wildman–Crippen LogP) is 3.64. The van der Waals surface area contributed by atoms with Crippen LogP contribution >= 0.6 is 11.6 Å². The largest absolute Gasteiger partial charge is 0.497 e. The van der Waals surface area contributed by atoms with E-state index in [-0.39, 0.29) is 5.78 Å². The van der Waals surface area contributed by atoms with Gasteiger partial charge in [0.25, 0.3) is 0 Å². The lowest BCUT2D eigenvalue weighted by Crippen LogP contribution is -2.01. The van der Waals surface area contributed by atoms with E-state index < -0.39 is 0 Å². The fraction of sp³-hybridized carbons (Fsp3) is 0.0625. The van der Waals surface area contributed by atoms with E-state index in [1.165, 1.54) is 0 Å². The maximum atomic E-state index is 12.7. The van der Waals surface area contributed by atoms with Crippen molar-refractivity contribution in [3.05, 3.63) is 58.7 Å². The molecule has 0 atom stereocenters. The van der Waals surface area contributed by atoms with Crippen molar-refractivity contribution in [1.82, 2.24) is 4.98 Å². The first-order chi connectivity index (χ1) is 10.1. The number of hydrogen-bond donors (Lipinski definition) is 2. The van der Waals surface area contributed by atoms with Gasteiger partial charge in [-0.25, -0.2) is 0 Å². The van der Waals surface area contributed by atoms with Crippen LogP contribution in [0.4, 0.5) is 5.69 Å². The van der Waals surface area contributed by atoms with Crippen LogP contribution in [0.15, 0.2) is 42.6 Å². The number of hydrogen-bond acceptors (Lipinski definition) is 3. The Morgan fingerprint density at radius 3 is 2.76 bits per heavy atom. The number of fused-ring (bicyclic) bond motifs is 1.